The summed E-state index contributed by atoms with van der Waals surface area (Å²) in [5.41, 5.74) is 9.86. The Labute approximate surface area is 146 Å². The van der Waals surface area contributed by atoms with Crippen molar-refractivity contribution in [3.8, 4) is 23.7 Å². The highest BCUT2D eigenvalue weighted by atomic mass is 14.5. The molecule has 0 fully saturated rings. The van der Waals surface area contributed by atoms with E-state index in [4.69, 9.17) is 5.73 Å². The molecule has 0 bridgehead atoms. The molecule has 1 nitrogen and oxygen atoms in total. The zero-order valence-electron chi connectivity index (χ0n) is 14.4. The van der Waals surface area contributed by atoms with E-state index in [1.54, 1.807) is 0 Å². The number of anilines is 1. The van der Waals surface area contributed by atoms with Crippen LogP contribution in [0.25, 0.3) is 0 Å². The largest absolute Gasteiger partial charge is 0.399 e. The Hall–Kier alpha value is -2.64. The standard InChI is InChI=1S/C23H25N/c1-20-12-14-21(15-13-20)10-8-6-4-2-3-5-7-9-11-22-16-18-23(24)19-17-22/h12-19H,2-7,24H2,1H3. The maximum Gasteiger partial charge on any atom is 0.0314 e. The molecular weight excluding hydrogens is 290 g/mol. The Morgan fingerprint density at radius 3 is 1.62 bits per heavy atom. The number of unbranched alkanes of at least 4 members (excludes halogenated alkanes) is 5. The predicted octanol–water partition coefficient (Wildman–Crippen LogP) is 5.32. The van der Waals surface area contributed by atoms with Gasteiger partial charge in [0.1, 0.15) is 0 Å². The third-order valence-corrected chi connectivity index (χ3v) is 3.78. The molecule has 0 heterocycles. The lowest BCUT2D eigenvalue weighted by Crippen LogP contribution is -1.83. The van der Waals surface area contributed by atoms with Gasteiger partial charge in [0.25, 0.3) is 0 Å². The highest BCUT2D eigenvalue weighted by Crippen LogP contribution is 2.07. The predicted molar refractivity (Wildman–Crippen MR) is 103 cm³/mol. The normalized spacial score (nSPS) is 9.54. The first-order valence-electron chi connectivity index (χ1n) is 8.64. The van der Waals surface area contributed by atoms with E-state index >= 15 is 0 Å². The molecule has 122 valence electrons. The van der Waals surface area contributed by atoms with Gasteiger partial charge in [-0.05, 0) is 56.2 Å². The minimum Gasteiger partial charge on any atom is -0.399 e. The second-order valence-corrected chi connectivity index (χ2v) is 6.01. The topological polar surface area (TPSA) is 26.0 Å². The van der Waals surface area contributed by atoms with Gasteiger partial charge >= 0.3 is 0 Å². The molecule has 0 saturated carbocycles. The SMILES string of the molecule is Cc1ccc(C#CCCCCCCC#Cc2ccc(N)cc2)cc1. The molecule has 2 aromatic rings. The molecule has 0 aliphatic heterocycles. The van der Waals surface area contributed by atoms with Crippen LogP contribution in [0.3, 0.4) is 0 Å². The third-order valence-electron chi connectivity index (χ3n) is 3.78. The van der Waals surface area contributed by atoms with E-state index in [9.17, 15) is 0 Å². The van der Waals surface area contributed by atoms with Crippen LogP contribution in [0, 0.1) is 30.6 Å². The molecular formula is C23H25N. The van der Waals surface area contributed by atoms with Gasteiger partial charge < -0.3 is 5.73 Å². The average Bonchev–Trinajstić information content (AvgIpc) is 2.60. The molecule has 0 unspecified atom stereocenters. The fourth-order valence-corrected chi connectivity index (χ4v) is 2.31. The fraction of sp³-hybridized carbons (Fsp3) is 0.304. The van der Waals surface area contributed by atoms with Gasteiger partial charge in [0.15, 0.2) is 0 Å². The first kappa shape index (κ1) is 17.7. The first-order chi connectivity index (χ1) is 11.7. The van der Waals surface area contributed by atoms with Crippen molar-refractivity contribution in [1.82, 2.24) is 0 Å². The minimum atomic E-state index is 0.783. The molecule has 0 aliphatic carbocycles. The lowest BCUT2D eigenvalue weighted by Gasteiger charge is -1.95. The number of hydrogen-bond donors (Lipinski definition) is 1. The van der Waals surface area contributed by atoms with Crippen molar-refractivity contribution in [2.24, 2.45) is 0 Å². The number of nitrogens with two attached hydrogens (primary N) is 1. The Morgan fingerprint density at radius 2 is 1.12 bits per heavy atom. The van der Waals surface area contributed by atoms with Crippen LogP contribution in [-0.2, 0) is 0 Å². The molecule has 0 aromatic heterocycles. The van der Waals surface area contributed by atoms with Crippen molar-refractivity contribution in [1.29, 1.82) is 0 Å². The Kier molecular flexibility index (Phi) is 7.52. The molecule has 0 atom stereocenters. The second-order valence-electron chi connectivity index (χ2n) is 6.01. The maximum absolute atomic E-state index is 5.65. The highest BCUT2D eigenvalue weighted by Gasteiger charge is 1.89. The van der Waals surface area contributed by atoms with Crippen LogP contribution in [0.15, 0.2) is 48.5 Å². The van der Waals surface area contributed by atoms with E-state index in [1.165, 1.54) is 24.8 Å². The van der Waals surface area contributed by atoms with Crippen LogP contribution < -0.4 is 5.73 Å². The fourth-order valence-electron chi connectivity index (χ4n) is 2.31. The number of aryl methyl sites for hydroxylation is 1. The zero-order valence-corrected chi connectivity index (χ0v) is 14.4. The zero-order chi connectivity index (χ0) is 17.0. The lowest BCUT2D eigenvalue weighted by molar-refractivity contribution is 0.661. The molecule has 1 heteroatoms. The summed E-state index contributed by atoms with van der Waals surface area (Å²) in [4.78, 5) is 0. The summed E-state index contributed by atoms with van der Waals surface area (Å²) in [7, 11) is 0. The van der Waals surface area contributed by atoms with E-state index in [1.807, 2.05) is 24.3 Å². The van der Waals surface area contributed by atoms with Crippen molar-refractivity contribution < 1.29 is 0 Å². The number of benzene rings is 2. The Balaban J connectivity index is 1.54. The summed E-state index contributed by atoms with van der Waals surface area (Å²) in [5, 5.41) is 0. The van der Waals surface area contributed by atoms with Gasteiger partial charge in [-0.25, -0.2) is 0 Å². The summed E-state index contributed by atoms with van der Waals surface area (Å²) in [6.45, 7) is 2.09. The second kappa shape index (κ2) is 10.2. The number of rotatable bonds is 5. The van der Waals surface area contributed by atoms with Crippen molar-refractivity contribution in [3.05, 3.63) is 65.2 Å². The lowest BCUT2D eigenvalue weighted by atomic mass is 10.1. The van der Waals surface area contributed by atoms with Gasteiger partial charge in [-0.1, -0.05) is 54.2 Å². The van der Waals surface area contributed by atoms with Crippen molar-refractivity contribution >= 4 is 5.69 Å². The van der Waals surface area contributed by atoms with Crippen molar-refractivity contribution in [2.75, 3.05) is 5.73 Å². The first-order valence-corrected chi connectivity index (χ1v) is 8.64. The van der Waals surface area contributed by atoms with E-state index < -0.39 is 0 Å². The minimum absolute atomic E-state index is 0.783. The average molecular weight is 315 g/mol. The van der Waals surface area contributed by atoms with Gasteiger partial charge in [-0.2, -0.15) is 0 Å². The Morgan fingerprint density at radius 1 is 0.667 bits per heavy atom. The third kappa shape index (κ3) is 7.08. The van der Waals surface area contributed by atoms with Crippen LogP contribution in [0.2, 0.25) is 0 Å². The van der Waals surface area contributed by atoms with Gasteiger partial charge in [0.2, 0.25) is 0 Å². The van der Waals surface area contributed by atoms with E-state index in [2.05, 4.69) is 54.9 Å². The van der Waals surface area contributed by atoms with Gasteiger partial charge in [0, 0.05) is 29.7 Å². The Bertz CT molecular complexity index is 664. The molecule has 0 saturated heterocycles. The van der Waals surface area contributed by atoms with Crippen molar-refractivity contribution in [3.63, 3.8) is 0 Å². The highest BCUT2D eigenvalue weighted by molar-refractivity contribution is 5.44. The van der Waals surface area contributed by atoms with Gasteiger partial charge in [-0.3, -0.25) is 0 Å². The molecule has 0 amide bonds. The van der Waals surface area contributed by atoms with Crippen molar-refractivity contribution in [2.45, 2.75) is 45.4 Å². The van der Waals surface area contributed by atoms with Gasteiger partial charge in [-0.15, -0.1) is 0 Å². The van der Waals surface area contributed by atoms with Gasteiger partial charge in [0.05, 0.1) is 0 Å². The molecule has 2 rings (SSSR count). The molecule has 0 aliphatic rings. The summed E-state index contributed by atoms with van der Waals surface area (Å²) >= 11 is 0. The summed E-state index contributed by atoms with van der Waals surface area (Å²) in [6.07, 6.45) is 6.72. The van der Waals surface area contributed by atoms with E-state index in [0.717, 1.165) is 36.1 Å². The van der Waals surface area contributed by atoms with Crippen LogP contribution in [0.5, 0.6) is 0 Å². The molecule has 0 radical (unpaired) electrons. The molecule has 2 N–H and O–H groups in total. The number of hydrogen-bond acceptors (Lipinski definition) is 1. The maximum atomic E-state index is 5.65. The number of nitrogen functional groups attached to an aromatic ring is 1. The van der Waals surface area contributed by atoms with Crippen LogP contribution in [0.4, 0.5) is 5.69 Å². The quantitative estimate of drug-likeness (QED) is 0.451. The summed E-state index contributed by atoms with van der Waals surface area (Å²) < 4.78 is 0. The van der Waals surface area contributed by atoms with Crippen LogP contribution in [-0.4, -0.2) is 0 Å². The molecule has 0 spiro atoms. The monoisotopic (exact) mass is 315 g/mol. The van der Waals surface area contributed by atoms with E-state index in [-0.39, 0.29) is 0 Å². The summed E-state index contributed by atoms with van der Waals surface area (Å²) in [6, 6.07) is 16.1. The van der Waals surface area contributed by atoms with E-state index in [0.29, 0.717) is 0 Å². The van der Waals surface area contributed by atoms with Crippen LogP contribution in [0.1, 0.15) is 55.2 Å². The molecule has 24 heavy (non-hydrogen) atoms. The van der Waals surface area contributed by atoms with Crippen LogP contribution >= 0.6 is 0 Å². The smallest absolute Gasteiger partial charge is 0.0314 e. The summed E-state index contributed by atoms with van der Waals surface area (Å²) in [5.74, 6) is 12.9. The molecule has 2 aromatic carbocycles.